The minimum Gasteiger partial charge on any atom is -0.324 e. The van der Waals surface area contributed by atoms with Crippen molar-refractivity contribution in [2.45, 2.75) is 23.9 Å². The summed E-state index contributed by atoms with van der Waals surface area (Å²) in [4.78, 5) is 26.9. The molecule has 170 valence electrons. The molecule has 0 spiro atoms. The fraction of sp³-hybridized carbons (Fsp3) is 0.160. The second-order valence-electron chi connectivity index (χ2n) is 7.87. The molecule has 2 unspecified atom stereocenters. The molecule has 0 aliphatic carbocycles. The van der Waals surface area contributed by atoms with Crippen molar-refractivity contribution in [1.29, 1.82) is 0 Å². The molecular formula is C25H21BrN6OS. The van der Waals surface area contributed by atoms with Gasteiger partial charge in [-0.15, -0.1) is 5.10 Å². The van der Waals surface area contributed by atoms with Crippen LogP contribution in [0.2, 0.25) is 0 Å². The highest BCUT2D eigenvalue weighted by molar-refractivity contribution is 9.10. The van der Waals surface area contributed by atoms with E-state index in [0.717, 1.165) is 15.8 Å². The highest BCUT2D eigenvalue weighted by Gasteiger charge is 2.39. The molecular weight excluding hydrogens is 512 g/mol. The Bertz CT molecular complexity index is 1340. The van der Waals surface area contributed by atoms with Crippen molar-refractivity contribution in [2.75, 3.05) is 5.32 Å². The average molecular weight is 533 g/mol. The molecule has 0 radical (unpaired) electrons. The summed E-state index contributed by atoms with van der Waals surface area (Å²) < 4.78 is 2.70. The van der Waals surface area contributed by atoms with Crippen LogP contribution in [0.15, 0.2) is 93.7 Å². The third-order valence-corrected chi connectivity index (χ3v) is 6.91. The number of nitrogens with zero attached hydrogens (tertiary/aromatic N) is 5. The molecule has 0 bridgehead atoms. The summed E-state index contributed by atoms with van der Waals surface area (Å²) in [5.74, 6) is 0.525. The number of aromatic nitrogens is 4. The van der Waals surface area contributed by atoms with E-state index >= 15 is 0 Å². The number of halogens is 1. The number of benzene rings is 2. The molecule has 2 aromatic carbocycles. The molecule has 34 heavy (non-hydrogen) atoms. The van der Waals surface area contributed by atoms with Gasteiger partial charge >= 0.3 is 0 Å². The minimum atomic E-state index is -0.560. The van der Waals surface area contributed by atoms with Crippen LogP contribution in [-0.2, 0) is 10.5 Å². The van der Waals surface area contributed by atoms with E-state index in [1.807, 2.05) is 55.5 Å². The number of anilines is 1. The number of fused-ring (bicyclic) bond motifs is 1. The number of pyridine rings is 1. The standard InChI is InChI=1S/C25H21BrN6OS/c1-16-21(23(33)29-20-11-6-12-27-14-20)22(18-9-5-10-19(26)13-18)32-24(28-16)30-25(31-32)34-15-17-7-3-2-4-8-17/h2-14,21-22H,15H2,1H3,(H,29,33). The van der Waals surface area contributed by atoms with Gasteiger partial charge in [-0.05, 0) is 42.3 Å². The Morgan fingerprint density at radius 3 is 2.74 bits per heavy atom. The Hall–Kier alpha value is -3.30. The number of nitrogens with one attached hydrogen (secondary N) is 1. The molecule has 0 saturated heterocycles. The van der Waals surface area contributed by atoms with Gasteiger partial charge in [-0.2, -0.15) is 4.98 Å². The van der Waals surface area contributed by atoms with Crippen LogP contribution in [0.4, 0.5) is 11.6 Å². The summed E-state index contributed by atoms with van der Waals surface area (Å²) >= 11 is 5.11. The summed E-state index contributed by atoms with van der Waals surface area (Å²) in [6, 6.07) is 21.3. The SMILES string of the molecule is CC1=Nc2nc(SCc3ccccc3)nn2C(c2cccc(Br)c2)C1C(=O)Nc1cccnc1. The Labute approximate surface area is 209 Å². The second kappa shape index (κ2) is 9.90. The quantitative estimate of drug-likeness (QED) is 0.323. The van der Waals surface area contributed by atoms with Crippen LogP contribution >= 0.6 is 27.7 Å². The van der Waals surface area contributed by atoms with E-state index in [1.165, 1.54) is 5.56 Å². The highest BCUT2D eigenvalue weighted by atomic mass is 79.9. The summed E-state index contributed by atoms with van der Waals surface area (Å²) in [5, 5.41) is 8.39. The molecule has 1 aliphatic rings. The van der Waals surface area contributed by atoms with E-state index < -0.39 is 5.92 Å². The number of aliphatic imine (C=N–C) groups is 1. The number of hydrogen-bond donors (Lipinski definition) is 1. The molecule has 1 N–H and O–H groups in total. The lowest BCUT2D eigenvalue weighted by Crippen LogP contribution is -2.39. The van der Waals surface area contributed by atoms with Gasteiger partial charge in [0, 0.05) is 22.1 Å². The maximum atomic E-state index is 13.5. The largest absolute Gasteiger partial charge is 0.324 e. The van der Waals surface area contributed by atoms with Gasteiger partial charge in [0.25, 0.3) is 0 Å². The van der Waals surface area contributed by atoms with Gasteiger partial charge in [0.2, 0.25) is 17.0 Å². The fourth-order valence-corrected chi connectivity index (χ4v) is 5.15. The van der Waals surface area contributed by atoms with Gasteiger partial charge in [-0.25, -0.2) is 9.67 Å². The van der Waals surface area contributed by atoms with Gasteiger partial charge in [-0.1, -0.05) is 70.2 Å². The topological polar surface area (TPSA) is 85.1 Å². The number of hydrogen-bond acceptors (Lipinski definition) is 6. The van der Waals surface area contributed by atoms with E-state index in [2.05, 4.69) is 48.3 Å². The van der Waals surface area contributed by atoms with Gasteiger partial charge in [0.15, 0.2) is 0 Å². The molecule has 0 saturated carbocycles. The monoisotopic (exact) mass is 532 g/mol. The van der Waals surface area contributed by atoms with Crippen LogP contribution < -0.4 is 5.32 Å². The summed E-state index contributed by atoms with van der Waals surface area (Å²) in [5.41, 5.74) is 3.46. The van der Waals surface area contributed by atoms with Crippen molar-refractivity contribution < 1.29 is 4.79 Å². The lowest BCUT2D eigenvalue weighted by molar-refractivity contribution is -0.118. The van der Waals surface area contributed by atoms with E-state index in [9.17, 15) is 4.79 Å². The van der Waals surface area contributed by atoms with Crippen molar-refractivity contribution >= 4 is 50.9 Å². The summed E-state index contributed by atoms with van der Waals surface area (Å²) in [6.45, 7) is 1.87. The summed E-state index contributed by atoms with van der Waals surface area (Å²) in [7, 11) is 0. The molecule has 0 fully saturated rings. The van der Waals surface area contributed by atoms with Crippen LogP contribution in [0.3, 0.4) is 0 Å². The predicted molar refractivity (Wildman–Crippen MR) is 137 cm³/mol. The Morgan fingerprint density at radius 2 is 1.97 bits per heavy atom. The number of amides is 1. The van der Waals surface area contributed by atoms with Crippen molar-refractivity contribution in [3.05, 3.63) is 94.7 Å². The molecule has 1 aliphatic heterocycles. The van der Waals surface area contributed by atoms with E-state index in [4.69, 9.17) is 5.10 Å². The molecule has 9 heteroatoms. The van der Waals surface area contributed by atoms with Crippen LogP contribution in [0.5, 0.6) is 0 Å². The minimum absolute atomic E-state index is 0.168. The number of carbonyl (C=O) groups is 1. The van der Waals surface area contributed by atoms with Crippen LogP contribution in [0.25, 0.3) is 0 Å². The van der Waals surface area contributed by atoms with Gasteiger partial charge in [0.05, 0.1) is 17.9 Å². The Kier molecular flexibility index (Phi) is 6.55. The third-order valence-electron chi connectivity index (χ3n) is 5.51. The van der Waals surface area contributed by atoms with Gasteiger partial charge in [0.1, 0.15) is 5.92 Å². The zero-order valence-corrected chi connectivity index (χ0v) is 20.7. The zero-order chi connectivity index (χ0) is 23.5. The first kappa shape index (κ1) is 22.5. The van der Waals surface area contributed by atoms with Crippen LogP contribution in [0.1, 0.15) is 24.1 Å². The Morgan fingerprint density at radius 1 is 1.12 bits per heavy atom. The maximum absolute atomic E-state index is 13.5. The maximum Gasteiger partial charge on any atom is 0.249 e. The fourth-order valence-electron chi connectivity index (χ4n) is 3.95. The van der Waals surface area contributed by atoms with E-state index in [-0.39, 0.29) is 11.9 Å². The molecule has 7 nitrogen and oxygen atoms in total. The molecule has 5 rings (SSSR count). The third kappa shape index (κ3) is 4.80. The van der Waals surface area contributed by atoms with Crippen molar-refractivity contribution in [3.8, 4) is 0 Å². The van der Waals surface area contributed by atoms with Crippen molar-refractivity contribution in [1.82, 2.24) is 19.7 Å². The van der Waals surface area contributed by atoms with Crippen LogP contribution in [0, 0.1) is 5.92 Å². The van der Waals surface area contributed by atoms with Crippen molar-refractivity contribution in [3.63, 3.8) is 0 Å². The second-order valence-corrected chi connectivity index (χ2v) is 9.73. The molecule has 1 amide bonds. The number of carbonyl (C=O) groups excluding carboxylic acids is 1. The Balaban J connectivity index is 1.50. The first-order valence-corrected chi connectivity index (χ1v) is 12.5. The number of rotatable bonds is 6. The lowest BCUT2D eigenvalue weighted by atomic mass is 9.87. The lowest BCUT2D eigenvalue weighted by Gasteiger charge is -2.30. The van der Waals surface area contributed by atoms with Crippen molar-refractivity contribution in [2.24, 2.45) is 10.9 Å². The van der Waals surface area contributed by atoms with Gasteiger partial charge < -0.3 is 5.32 Å². The first-order valence-electron chi connectivity index (χ1n) is 10.7. The number of thioether (sulfide) groups is 1. The van der Waals surface area contributed by atoms with E-state index in [1.54, 1.807) is 34.9 Å². The molecule has 4 aromatic rings. The zero-order valence-electron chi connectivity index (χ0n) is 18.3. The molecule has 3 heterocycles. The predicted octanol–water partition coefficient (Wildman–Crippen LogP) is 5.68. The average Bonchev–Trinajstić information content (AvgIpc) is 3.25. The molecule has 2 atom stereocenters. The van der Waals surface area contributed by atoms with E-state index in [0.29, 0.717) is 22.5 Å². The first-order chi connectivity index (χ1) is 16.6. The highest BCUT2D eigenvalue weighted by Crippen LogP contribution is 2.38. The smallest absolute Gasteiger partial charge is 0.249 e. The normalized spacial score (nSPS) is 17.1. The molecule has 2 aromatic heterocycles. The van der Waals surface area contributed by atoms with Crippen LogP contribution in [-0.4, -0.2) is 31.4 Å². The summed E-state index contributed by atoms with van der Waals surface area (Å²) in [6.07, 6.45) is 3.30. The van der Waals surface area contributed by atoms with Gasteiger partial charge in [-0.3, -0.25) is 9.78 Å².